The van der Waals surface area contributed by atoms with Crippen molar-refractivity contribution < 1.29 is 18.0 Å². The molecular formula is C30H37N3O4S. The predicted octanol–water partition coefficient (Wildman–Crippen LogP) is 4.75. The van der Waals surface area contributed by atoms with Crippen molar-refractivity contribution in [2.75, 3.05) is 17.4 Å². The first-order valence-corrected chi connectivity index (χ1v) is 14.3. The molecule has 202 valence electrons. The van der Waals surface area contributed by atoms with Gasteiger partial charge in [-0.25, -0.2) is 8.42 Å². The number of anilines is 1. The minimum Gasteiger partial charge on any atom is -0.355 e. The molecule has 2 amide bonds. The molecule has 0 bridgehead atoms. The van der Waals surface area contributed by atoms with Gasteiger partial charge in [0.15, 0.2) is 0 Å². The quantitative estimate of drug-likeness (QED) is 0.384. The zero-order chi connectivity index (χ0) is 27.9. The van der Waals surface area contributed by atoms with Crippen molar-refractivity contribution in [3.05, 3.63) is 95.1 Å². The number of aryl methyl sites for hydroxylation is 3. The van der Waals surface area contributed by atoms with Gasteiger partial charge in [0, 0.05) is 13.1 Å². The molecule has 0 saturated carbocycles. The number of likely N-dealkylation sites (N-methyl/N-ethyl adjacent to an activating group) is 1. The third-order valence-electron chi connectivity index (χ3n) is 6.60. The van der Waals surface area contributed by atoms with E-state index in [4.69, 9.17) is 0 Å². The summed E-state index contributed by atoms with van der Waals surface area (Å²) in [6.07, 6.45) is 0.387. The van der Waals surface area contributed by atoms with Crippen LogP contribution in [-0.4, -0.2) is 44.3 Å². The minimum absolute atomic E-state index is 0.0897. The number of amides is 2. The van der Waals surface area contributed by atoms with Crippen LogP contribution in [0.5, 0.6) is 0 Å². The first-order chi connectivity index (χ1) is 18.1. The molecule has 7 nitrogen and oxygen atoms in total. The topological polar surface area (TPSA) is 86.8 Å². The summed E-state index contributed by atoms with van der Waals surface area (Å²) < 4.78 is 28.8. The Labute approximate surface area is 226 Å². The molecule has 0 radical (unpaired) electrons. The van der Waals surface area contributed by atoms with Crippen LogP contribution in [-0.2, 0) is 26.2 Å². The maximum Gasteiger partial charge on any atom is 0.264 e. The first kappa shape index (κ1) is 28.9. The molecule has 38 heavy (non-hydrogen) atoms. The van der Waals surface area contributed by atoms with E-state index in [2.05, 4.69) is 5.32 Å². The second-order valence-electron chi connectivity index (χ2n) is 9.42. The SMILES string of the molecule is CCNC(=O)C(CC)N(Cc1ccc(C)cc1)C(=O)CN(c1ccc(C)c(C)c1)S(=O)(=O)c1ccccc1. The molecule has 0 saturated heterocycles. The minimum atomic E-state index is -4.07. The van der Waals surface area contributed by atoms with E-state index in [-0.39, 0.29) is 17.3 Å². The number of carbonyl (C=O) groups is 2. The maximum atomic E-state index is 14.0. The Kier molecular flexibility index (Phi) is 9.69. The van der Waals surface area contributed by atoms with Crippen molar-refractivity contribution in [1.82, 2.24) is 10.2 Å². The third kappa shape index (κ3) is 6.81. The van der Waals surface area contributed by atoms with Gasteiger partial charge in [-0.15, -0.1) is 0 Å². The molecule has 0 aliphatic rings. The van der Waals surface area contributed by atoms with Gasteiger partial charge in [0.1, 0.15) is 12.6 Å². The molecule has 8 heteroatoms. The Morgan fingerprint density at radius 1 is 0.868 bits per heavy atom. The van der Waals surface area contributed by atoms with Crippen molar-refractivity contribution in [1.29, 1.82) is 0 Å². The van der Waals surface area contributed by atoms with Crippen molar-refractivity contribution in [3.8, 4) is 0 Å². The summed E-state index contributed by atoms with van der Waals surface area (Å²) in [5.74, 6) is -0.722. The maximum absolute atomic E-state index is 14.0. The Morgan fingerprint density at radius 3 is 2.11 bits per heavy atom. The summed E-state index contributed by atoms with van der Waals surface area (Å²) in [6.45, 7) is 9.66. The molecule has 1 unspecified atom stereocenters. The highest BCUT2D eigenvalue weighted by molar-refractivity contribution is 7.92. The molecule has 0 spiro atoms. The van der Waals surface area contributed by atoms with Crippen molar-refractivity contribution in [2.24, 2.45) is 0 Å². The molecular weight excluding hydrogens is 498 g/mol. The predicted molar refractivity (Wildman–Crippen MR) is 151 cm³/mol. The van der Waals surface area contributed by atoms with Crippen LogP contribution in [0.4, 0.5) is 5.69 Å². The Bertz CT molecular complexity index is 1360. The lowest BCUT2D eigenvalue weighted by Gasteiger charge is -2.33. The van der Waals surface area contributed by atoms with Crippen molar-refractivity contribution in [2.45, 2.75) is 58.5 Å². The fraction of sp³-hybridized carbons (Fsp3) is 0.333. The second-order valence-corrected chi connectivity index (χ2v) is 11.3. The van der Waals surface area contributed by atoms with E-state index in [9.17, 15) is 18.0 Å². The number of nitrogens with zero attached hydrogens (tertiary/aromatic N) is 2. The summed E-state index contributed by atoms with van der Waals surface area (Å²) in [7, 11) is -4.07. The highest BCUT2D eigenvalue weighted by Crippen LogP contribution is 2.26. The first-order valence-electron chi connectivity index (χ1n) is 12.9. The number of sulfonamides is 1. The Hall–Kier alpha value is -3.65. The second kappa shape index (κ2) is 12.7. The summed E-state index contributed by atoms with van der Waals surface area (Å²) in [5, 5.41) is 2.82. The van der Waals surface area contributed by atoms with E-state index in [1.165, 1.54) is 17.0 Å². The molecule has 0 aliphatic carbocycles. The van der Waals surface area contributed by atoms with Gasteiger partial charge >= 0.3 is 0 Å². The van der Waals surface area contributed by atoms with Crippen LogP contribution in [0.2, 0.25) is 0 Å². The number of hydrogen-bond acceptors (Lipinski definition) is 4. The summed E-state index contributed by atoms with van der Waals surface area (Å²) >= 11 is 0. The van der Waals surface area contributed by atoms with Crippen LogP contribution >= 0.6 is 0 Å². The molecule has 3 rings (SSSR count). The van der Waals surface area contributed by atoms with Gasteiger partial charge < -0.3 is 10.2 Å². The molecule has 1 N–H and O–H groups in total. The van der Waals surface area contributed by atoms with E-state index >= 15 is 0 Å². The third-order valence-corrected chi connectivity index (χ3v) is 8.39. The highest BCUT2D eigenvalue weighted by Gasteiger charge is 2.33. The van der Waals surface area contributed by atoms with Crippen LogP contribution in [0.15, 0.2) is 77.7 Å². The molecule has 0 fully saturated rings. The number of nitrogens with one attached hydrogen (secondary N) is 1. The highest BCUT2D eigenvalue weighted by atomic mass is 32.2. The molecule has 1 atom stereocenters. The molecule has 0 aromatic heterocycles. The molecule has 3 aromatic carbocycles. The van der Waals surface area contributed by atoms with E-state index in [1.54, 1.807) is 30.3 Å². The van der Waals surface area contributed by atoms with Gasteiger partial charge in [-0.3, -0.25) is 13.9 Å². The summed E-state index contributed by atoms with van der Waals surface area (Å²) in [5.41, 5.74) is 4.26. The molecule has 3 aromatic rings. The molecule has 0 aliphatic heterocycles. The lowest BCUT2D eigenvalue weighted by Crippen LogP contribution is -2.52. The Balaban J connectivity index is 2.06. The van der Waals surface area contributed by atoms with Crippen LogP contribution in [0.3, 0.4) is 0 Å². The van der Waals surface area contributed by atoms with Crippen LogP contribution in [0.1, 0.15) is 42.5 Å². The lowest BCUT2D eigenvalue weighted by atomic mass is 10.1. The number of carbonyl (C=O) groups excluding carboxylic acids is 2. The van der Waals surface area contributed by atoms with Crippen molar-refractivity contribution >= 4 is 27.5 Å². The van der Waals surface area contributed by atoms with E-state index in [1.807, 2.05) is 65.0 Å². The van der Waals surface area contributed by atoms with Crippen LogP contribution < -0.4 is 9.62 Å². The van der Waals surface area contributed by atoms with Gasteiger partial charge in [-0.2, -0.15) is 0 Å². The lowest BCUT2D eigenvalue weighted by molar-refractivity contribution is -0.140. The monoisotopic (exact) mass is 535 g/mol. The van der Waals surface area contributed by atoms with Crippen LogP contribution in [0.25, 0.3) is 0 Å². The fourth-order valence-electron chi connectivity index (χ4n) is 4.23. The number of hydrogen-bond donors (Lipinski definition) is 1. The fourth-order valence-corrected chi connectivity index (χ4v) is 5.66. The molecule has 0 heterocycles. The summed E-state index contributed by atoms with van der Waals surface area (Å²) in [6, 6.07) is 20.4. The van der Waals surface area contributed by atoms with Gasteiger partial charge in [0.25, 0.3) is 10.0 Å². The zero-order valence-corrected chi connectivity index (χ0v) is 23.6. The van der Waals surface area contributed by atoms with Gasteiger partial charge in [0.2, 0.25) is 11.8 Å². The van der Waals surface area contributed by atoms with Gasteiger partial charge in [-0.1, -0.05) is 61.0 Å². The van der Waals surface area contributed by atoms with E-state index < -0.39 is 28.5 Å². The van der Waals surface area contributed by atoms with E-state index in [0.29, 0.717) is 18.7 Å². The number of rotatable bonds is 11. The van der Waals surface area contributed by atoms with Gasteiger partial charge in [0.05, 0.1) is 10.6 Å². The van der Waals surface area contributed by atoms with Crippen LogP contribution in [0, 0.1) is 20.8 Å². The van der Waals surface area contributed by atoms with E-state index in [0.717, 1.165) is 26.6 Å². The zero-order valence-electron chi connectivity index (χ0n) is 22.8. The van der Waals surface area contributed by atoms with Gasteiger partial charge in [-0.05, 0) is 75.1 Å². The standard InChI is InChI=1S/C30H37N3O4S/c1-6-28(30(35)31-7-2)32(20-25-16-13-22(3)14-17-25)29(34)21-33(26-18-15-23(4)24(5)19-26)38(36,37)27-11-9-8-10-12-27/h8-19,28H,6-7,20-21H2,1-5H3,(H,31,35). The summed E-state index contributed by atoms with van der Waals surface area (Å²) in [4.78, 5) is 28.5. The smallest absolute Gasteiger partial charge is 0.264 e. The Morgan fingerprint density at radius 2 is 1.53 bits per heavy atom. The average Bonchev–Trinajstić information content (AvgIpc) is 2.90. The number of benzene rings is 3. The normalized spacial score (nSPS) is 12.0. The van der Waals surface area contributed by atoms with Crippen molar-refractivity contribution in [3.63, 3.8) is 0 Å². The largest absolute Gasteiger partial charge is 0.355 e. The average molecular weight is 536 g/mol.